The van der Waals surface area contributed by atoms with E-state index in [4.69, 9.17) is 20.8 Å². The Kier molecular flexibility index (Phi) is 6.56. The van der Waals surface area contributed by atoms with Gasteiger partial charge in [0.25, 0.3) is 0 Å². The van der Waals surface area contributed by atoms with E-state index >= 15 is 0 Å². The lowest BCUT2D eigenvalue weighted by molar-refractivity contribution is -0.121. The molecule has 0 fully saturated rings. The lowest BCUT2D eigenvalue weighted by atomic mass is 10.1. The van der Waals surface area contributed by atoms with Gasteiger partial charge in [0.15, 0.2) is 11.7 Å². The van der Waals surface area contributed by atoms with E-state index in [1.807, 2.05) is 60.3 Å². The van der Waals surface area contributed by atoms with Crippen LogP contribution in [0.25, 0.3) is 11.3 Å². The van der Waals surface area contributed by atoms with Gasteiger partial charge < -0.3 is 19.0 Å². The standard InChI is InChI=1S/C24H23ClN4O3/c1-29-14-13-26-24(29)23(16-7-9-17(31-2)10-8-16)28-21(30)11-12-22-27-15-20(32-22)18-5-3-4-6-19(18)25/h3-10,13-15,23H,11-12H2,1-2H3,(H,28,30)/t23-/m0/s1. The molecular weight excluding hydrogens is 428 g/mol. The fourth-order valence-corrected chi connectivity index (χ4v) is 3.64. The third-order valence-corrected chi connectivity index (χ3v) is 5.46. The van der Waals surface area contributed by atoms with E-state index in [2.05, 4.69) is 15.3 Å². The summed E-state index contributed by atoms with van der Waals surface area (Å²) in [5.74, 6) is 2.41. The van der Waals surface area contributed by atoms with Crippen LogP contribution in [0.1, 0.15) is 29.7 Å². The van der Waals surface area contributed by atoms with Crippen molar-refractivity contribution in [2.75, 3.05) is 7.11 Å². The fourth-order valence-electron chi connectivity index (χ4n) is 3.41. The number of methoxy groups -OCH3 is 1. The average molecular weight is 451 g/mol. The minimum atomic E-state index is -0.392. The maximum absolute atomic E-state index is 12.8. The molecule has 4 aromatic rings. The topological polar surface area (TPSA) is 82.2 Å². The Morgan fingerprint density at radius 1 is 1.19 bits per heavy atom. The van der Waals surface area contributed by atoms with Crippen LogP contribution in [-0.2, 0) is 18.3 Å². The minimum absolute atomic E-state index is 0.133. The number of hydrogen-bond donors (Lipinski definition) is 1. The lowest BCUT2D eigenvalue weighted by Crippen LogP contribution is -2.31. The van der Waals surface area contributed by atoms with E-state index in [1.165, 1.54) is 0 Å². The average Bonchev–Trinajstić information content (AvgIpc) is 3.45. The summed E-state index contributed by atoms with van der Waals surface area (Å²) >= 11 is 6.22. The van der Waals surface area contributed by atoms with Crippen LogP contribution in [0.4, 0.5) is 0 Å². The van der Waals surface area contributed by atoms with E-state index in [0.717, 1.165) is 22.7 Å². The van der Waals surface area contributed by atoms with Crippen LogP contribution in [-0.4, -0.2) is 27.6 Å². The largest absolute Gasteiger partial charge is 0.497 e. The monoisotopic (exact) mass is 450 g/mol. The summed E-state index contributed by atoms with van der Waals surface area (Å²) in [6.45, 7) is 0. The summed E-state index contributed by atoms with van der Waals surface area (Å²) in [4.78, 5) is 21.5. The van der Waals surface area contributed by atoms with Crippen LogP contribution in [0.5, 0.6) is 5.75 Å². The second kappa shape index (κ2) is 9.70. The summed E-state index contributed by atoms with van der Waals surface area (Å²) in [6.07, 6.45) is 5.77. The van der Waals surface area contributed by atoms with Gasteiger partial charge in [-0.2, -0.15) is 0 Å². The zero-order valence-electron chi connectivity index (χ0n) is 17.8. The zero-order valence-corrected chi connectivity index (χ0v) is 18.5. The number of nitrogens with one attached hydrogen (secondary N) is 1. The molecule has 1 amide bonds. The molecule has 8 heteroatoms. The van der Waals surface area contributed by atoms with Crippen molar-refractivity contribution < 1.29 is 13.9 Å². The number of carbonyl (C=O) groups excluding carboxylic acids is 1. The molecule has 0 aliphatic rings. The number of rotatable bonds is 8. The number of nitrogens with zero attached hydrogens (tertiary/aromatic N) is 3. The number of aromatic nitrogens is 3. The molecule has 0 unspecified atom stereocenters. The van der Waals surface area contributed by atoms with Gasteiger partial charge in [0, 0.05) is 37.8 Å². The highest BCUT2D eigenvalue weighted by Gasteiger charge is 2.21. The van der Waals surface area contributed by atoms with E-state index < -0.39 is 6.04 Å². The zero-order chi connectivity index (χ0) is 22.5. The van der Waals surface area contributed by atoms with Crippen molar-refractivity contribution in [2.45, 2.75) is 18.9 Å². The summed E-state index contributed by atoms with van der Waals surface area (Å²) in [5.41, 5.74) is 1.68. The van der Waals surface area contributed by atoms with Gasteiger partial charge in [-0.3, -0.25) is 4.79 Å². The molecule has 0 aliphatic heterocycles. The van der Waals surface area contributed by atoms with Crippen molar-refractivity contribution in [1.82, 2.24) is 19.9 Å². The van der Waals surface area contributed by atoms with E-state index in [-0.39, 0.29) is 12.3 Å². The van der Waals surface area contributed by atoms with Crippen LogP contribution >= 0.6 is 11.6 Å². The van der Waals surface area contributed by atoms with Gasteiger partial charge in [0.2, 0.25) is 5.91 Å². The van der Waals surface area contributed by atoms with Gasteiger partial charge in [-0.15, -0.1) is 0 Å². The molecule has 2 heterocycles. The molecule has 0 bridgehead atoms. The lowest BCUT2D eigenvalue weighted by Gasteiger charge is -2.19. The van der Waals surface area contributed by atoms with Crippen LogP contribution in [0.15, 0.2) is 71.5 Å². The SMILES string of the molecule is COc1ccc([C@H](NC(=O)CCc2ncc(-c3ccccc3Cl)o2)c2nccn2C)cc1. The molecule has 7 nitrogen and oxygen atoms in total. The third-order valence-electron chi connectivity index (χ3n) is 5.13. The van der Waals surface area contributed by atoms with Gasteiger partial charge in [-0.25, -0.2) is 9.97 Å². The van der Waals surface area contributed by atoms with Gasteiger partial charge in [0.05, 0.1) is 18.3 Å². The highest BCUT2D eigenvalue weighted by atomic mass is 35.5. The molecule has 4 rings (SSSR count). The van der Waals surface area contributed by atoms with Crippen molar-refractivity contribution >= 4 is 17.5 Å². The first-order valence-corrected chi connectivity index (χ1v) is 10.5. The molecule has 2 aromatic heterocycles. The smallest absolute Gasteiger partial charge is 0.221 e. The number of ether oxygens (including phenoxy) is 1. The molecule has 0 saturated heterocycles. The Labute approximate surface area is 191 Å². The second-order valence-corrected chi connectivity index (χ2v) is 7.68. The van der Waals surface area contributed by atoms with Crippen LogP contribution < -0.4 is 10.1 Å². The number of amides is 1. The summed E-state index contributed by atoms with van der Waals surface area (Å²) < 4.78 is 12.9. The second-order valence-electron chi connectivity index (χ2n) is 7.27. The first-order valence-electron chi connectivity index (χ1n) is 10.2. The number of halogens is 1. The van der Waals surface area contributed by atoms with Crippen molar-refractivity contribution in [1.29, 1.82) is 0 Å². The molecule has 1 atom stereocenters. The highest BCUT2D eigenvalue weighted by Crippen LogP contribution is 2.28. The molecule has 164 valence electrons. The van der Waals surface area contributed by atoms with Crippen molar-refractivity contribution in [3.8, 4) is 17.1 Å². The van der Waals surface area contributed by atoms with E-state index in [1.54, 1.807) is 25.6 Å². The molecule has 1 N–H and O–H groups in total. The Morgan fingerprint density at radius 3 is 2.66 bits per heavy atom. The first-order chi connectivity index (χ1) is 15.5. The van der Waals surface area contributed by atoms with E-state index in [0.29, 0.717) is 23.1 Å². The molecule has 2 aromatic carbocycles. The van der Waals surface area contributed by atoms with Crippen molar-refractivity contribution in [3.63, 3.8) is 0 Å². The summed E-state index contributed by atoms with van der Waals surface area (Å²) in [7, 11) is 3.51. The third kappa shape index (κ3) is 4.84. The van der Waals surface area contributed by atoms with E-state index in [9.17, 15) is 4.79 Å². The van der Waals surface area contributed by atoms with Gasteiger partial charge in [-0.1, -0.05) is 35.9 Å². The molecular formula is C24H23ClN4O3. The number of oxazole rings is 1. The van der Waals surface area contributed by atoms with Crippen LogP contribution in [0.2, 0.25) is 5.02 Å². The Bertz CT molecular complexity index is 1200. The molecule has 0 aliphatic carbocycles. The van der Waals surface area contributed by atoms with Gasteiger partial charge in [-0.05, 0) is 29.8 Å². The normalized spacial score (nSPS) is 11.8. The molecule has 0 radical (unpaired) electrons. The Morgan fingerprint density at radius 2 is 1.97 bits per heavy atom. The summed E-state index contributed by atoms with van der Waals surface area (Å²) in [6, 6.07) is 14.6. The van der Waals surface area contributed by atoms with Gasteiger partial charge in [0.1, 0.15) is 17.6 Å². The summed E-state index contributed by atoms with van der Waals surface area (Å²) in [5, 5.41) is 3.67. The predicted octanol–water partition coefficient (Wildman–Crippen LogP) is 4.58. The first kappa shape index (κ1) is 21.6. The fraction of sp³-hybridized carbons (Fsp3) is 0.208. The Hall–Kier alpha value is -3.58. The van der Waals surface area contributed by atoms with Crippen LogP contribution in [0.3, 0.4) is 0 Å². The van der Waals surface area contributed by atoms with Crippen molar-refractivity contribution in [3.05, 3.63) is 89.4 Å². The number of imidazole rings is 1. The minimum Gasteiger partial charge on any atom is -0.497 e. The number of benzene rings is 2. The maximum Gasteiger partial charge on any atom is 0.221 e. The Balaban J connectivity index is 1.45. The maximum atomic E-state index is 12.8. The number of carbonyl (C=O) groups is 1. The number of aryl methyl sites for hydroxylation is 2. The molecule has 32 heavy (non-hydrogen) atoms. The van der Waals surface area contributed by atoms with Gasteiger partial charge >= 0.3 is 0 Å². The quantitative estimate of drug-likeness (QED) is 0.425. The van der Waals surface area contributed by atoms with Crippen molar-refractivity contribution in [2.24, 2.45) is 7.05 Å². The molecule has 0 spiro atoms. The number of hydrogen-bond acceptors (Lipinski definition) is 5. The van der Waals surface area contributed by atoms with Crippen LogP contribution in [0, 0.1) is 0 Å². The molecule has 0 saturated carbocycles. The highest BCUT2D eigenvalue weighted by molar-refractivity contribution is 6.33. The predicted molar refractivity (Wildman–Crippen MR) is 121 cm³/mol.